The third kappa shape index (κ3) is 2.95. The first-order chi connectivity index (χ1) is 13.7. The van der Waals surface area contributed by atoms with Crippen LogP contribution in [0.4, 0.5) is 5.13 Å². The zero-order valence-electron chi connectivity index (χ0n) is 15.0. The summed E-state index contributed by atoms with van der Waals surface area (Å²) in [6.45, 7) is 2.03. The van der Waals surface area contributed by atoms with E-state index >= 15 is 0 Å². The molecule has 0 fully saturated rings. The topological polar surface area (TPSA) is 83.8 Å². The predicted molar refractivity (Wildman–Crippen MR) is 110 cm³/mol. The normalized spacial score (nSPS) is 11.3. The molecule has 0 unspecified atom stereocenters. The van der Waals surface area contributed by atoms with Gasteiger partial charge < -0.3 is 14.7 Å². The lowest BCUT2D eigenvalue weighted by atomic mass is 10.1. The molecule has 6 nitrogen and oxygen atoms in total. The molecule has 3 aromatic heterocycles. The molecule has 7 heteroatoms. The molecule has 3 heterocycles. The first-order valence-corrected chi connectivity index (χ1v) is 9.73. The number of thiazole rings is 1. The second-order valence-corrected chi connectivity index (χ2v) is 7.37. The van der Waals surface area contributed by atoms with Crippen molar-refractivity contribution in [2.24, 2.45) is 0 Å². The van der Waals surface area contributed by atoms with E-state index in [9.17, 15) is 4.79 Å². The van der Waals surface area contributed by atoms with Gasteiger partial charge in [0.1, 0.15) is 11.9 Å². The Morgan fingerprint density at radius 2 is 1.96 bits per heavy atom. The Bertz CT molecular complexity index is 1280. The van der Waals surface area contributed by atoms with Gasteiger partial charge in [-0.15, -0.1) is 11.3 Å². The average molecular weight is 388 g/mol. The fraction of sp³-hybridized carbons (Fsp3) is 0.0952. The number of fused-ring (bicyclic) bond motifs is 2. The van der Waals surface area contributed by atoms with Crippen LogP contribution >= 0.6 is 11.3 Å². The standard InChI is InChI=1S/C21H16N4O2S/c1-12-20(13-6-2-3-7-14(13)22-12)16-11-28-21(24-16)25-18(26)10-19-23-15-8-4-5-9-17(15)27-19/h2-9,11,22H,10H2,1H3,(H,24,25,26). The Hall–Kier alpha value is -3.45. The molecule has 5 aromatic rings. The second-order valence-electron chi connectivity index (χ2n) is 6.51. The van der Waals surface area contributed by atoms with Crippen molar-refractivity contribution in [1.82, 2.24) is 15.0 Å². The highest BCUT2D eigenvalue weighted by Crippen LogP contribution is 2.33. The Balaban J connectivity index is 1.36. The lowest BCUT2D eigenvalue weighted by Gasteiger charge is -1.99. The van der Waals surface area contributed by atoms with Crippen molar-refractivity contribution in [3.8, 4) is 11.3 Å². The number of anilines is 1. The molecule has 0 saturated heterocycles. The zero-order valence-corrected chi connectivity index (χ0v) is 15.8. The molecule has 2 aromatic carbocycles. The first-order valence-electron chi connectivity index (χ1n) is 8.85. The summed E-state index contributed by atoms with van der Waals surface area (Å²) in [6, 6.07) is 15.6. The SMILES string of the molecule is Cc1[nH]c2ccccc2c1-c1csc(NC(=O)Cc2nc3ccccc3o2)n1. The maximum absolute atomic E-state index is 12.4. The van der Waals surface area contributed by atoms with Gasteiger partial charge in [0.05, 0.1) is 5.69 Å². The summed E-state index contributed by atoms with van der Waals surface area (Å²) >= 11 is 1.40. The highest BCUT2D eigenvalue weighted by Gasteiger charge is 2.16. The summed E-state index contributed by atoms with van der Waals surface area (Å²) in [6.07, 6.45) is 0.0652. The molecule has 0 radical (unpaired) electrons. The fourth-order valence-corrected chi connectivity index (χ4v) is 4.07. The van der Waals surface area contributed by atoms with Crippen molar-refractivity contribution >= 4 is 44.4 Å². The lowest BCUT2D eigenvalue weighted by molar-refractivity contribution is -0.115. The quantitative estimate of drug-likeness (QED) is 0.458. The number of amides is 1. The number of rotatable bonds is 4. The molecule has 138 valence electrons. The summed E-state index contributed by atoms with van der Waals surface area (Å²) in [5, 5.41) is 6.48. The number of nitrogens with one attached hydrogen (secondary N) is 2. The predicted octanol–water partition coefficient (Wildman–Crippen LogP) is 4.92. The van der Waals surface area contributed by atoms with E-state index < -0.39 is 0 Å². The van der Waals surface area contributed by atoms with E-state index in [1.54, 1.807) is 0 Å². The number of carbonyl (C=O) groups is 1. The minimum Gasteiger partial charge on any atom is -0.440 e. The molecule has 0 atom stereocenters. The summed E-state index contributed by atoms with van der Waals surface area (Å²) in [4.78, 5) is 24.7. The monoisotopic (exact) mass is 388 g/mol. The largest absolute Gasteiger partial charge is 0.440 e. The van der Waals surface area contributed by atoms with Crippen molar-refractivity contribution in [1.29, 1.82) is 0 Å². The lowest BCUT2D eigenvalue weighted by Crippen LogP contribution is -2.14. The third-order valence-electron chi connectivity index (χ3n) is 4.55. The van der Waals surface area contributed by atoms with E-state index in [2.05, 4.69) is 26.3 Å². The summed E-state index contributed by atoms with van der Waals surface area (Å²) in [7, 11) is 0. The van der Waals surface area contributed by atoms with Crippen LogP contribution in [0.1, 0.15) is 11.6 Å². The molecule has 28 heavy (non-hydrogen) atoms. The van der Waals surface area contributed by atoms with Gasteiger partial charge >= 0.3 is 0 Å². The highest BCUT2D eigenvalue weighted by atomic mass is 32.1. The van der Waals surface area contributed by atoms with Gasteiger partial charge in [-0.2, -0.15) is 0 Å². The van der Waals surface area contributed by atoms with Gasteiger partial charge in [0.25, 0.3) is 0 Å². The number of para-hydroxylation sites is 3. The molecule has 2 N–H and O–H groups in total. The van der Waals surface area contributed by atoms with Crippen LogP contribution in [-0.2, 0) is 11.2 Å². The van der Waals surface area contributed by atoms with Crippen LogP contribution in [0.15, 0.2) is 58.3 Å². The molecule has 0 saturated carbocycles. The number of carbonyl (C=O) groups excluding carboxylic acids is 1. The van der Waals surface area contributed by atoms with Crippen LogP contribution < -0.4 is 5.32 Å². The molecule has 0 spiro atoms. The number of hydrogen-bond acceptors (Lipinski definition) is 5. The molecule has 1 amide bonds. The minimum atomic E-state index is -0.205. The number of aromatic amines is 1. The number of aryl methyl sites for hydroxylation is 1. The van der Waals surface area contributed by atoms with Gasteiger partial charge in [0.15, 0.2) is 10.7 Å². The molecule has 0 bridgehead atoms. The Labute approximate surface area is 164 Å². The summed E-state index contributed by atoms with van der Waals surface area (Å²) in [5.41, 5.74) is 5.46. The number of benzene rings is 2. The zero-order chi connectivity index (χ0) is 19.1. The highest BCUT2D eigenvalue weighted by molar-refractivity contribution is 7.14. The first kappa shape index (κ1) is 16.7. The van der Waals surface area contributed by atoms with Gasteiger partial charge in [-0.05, 0) is 25.1 Å². The molecule has 0 aliphatic rings. The maximum Gasteiger partial charge on any atom is 0.235 e. The Morgan fingerprint density at radius 3 is 2.86 bits per heavy atom. The van der Waals surface area contributed by atoms with E-state index in [1.807, 2.05) is 54.8 Å². The minimum absolute atomic E-state index is 0.0652. The molecular weight excluding hydrogens is 372 g/mol. The maximum atomic E-state index is 12.4. The second kappa shape index (κ2) is 6.61. The van der Waals surface area contributed by atoms with Crippen LogP contribution in [0.25, 0.3) is 33.3 Å². The molecule has 0 aliphatic heterocycles. The molecular formula is C21H16N4O2S. The van der Waals surface area contributed by atoms with Crippen LogP contribution in [0.5, 0.6) is 0 Å². The van der Waals surface area contributed by atoms with Gasteiger partial charge in [0.2, 0.25) is 11.8 Å². The number of H-pyrrole nitrogens is 1. The van der Waals surface area contributed by atoms with Crippen molar-refractivity contribution in [2.75, 3.05) is 5.32 Å². The summed E-state index contributed by atoms with van der Waals surface area (Å²) in [5.74, 6) is 0.186. The van der Waals surface area contributed by atoms with E-state index in [1.165, 1.54) is 11.3 Å². The van der Waals surface area contributed by atoms with E-state index in [-0.39, 0.29) is 12.3 Å². The van der Waals surface area contributed by atoms with Gasteiger partial charge in [-0.25, -0.2) is 9.97 Å². The molecule has 0 aliphatic carbocycles. The molecule has 5 rings (SSSR count). The smallest absolute Gasteiger partial charge is 0.235 e. The number of aromatic nitrogens is 3. The van der Waals surface area contributed by atoms with Crippen LogP contribution in [0, 0.1) is 6.92 Å². The van der Waals surface area contributed by atoms with Crippen LogP contribution in [0.2, 0.25) is 0 Å². The number of nitrogens with zero attached hydrogens (tertiary/aromatic N) is 2. The van der Waals surface area contributed by atoms with E-state index in [0.717, 1.165) is 33.4 Å². The van der Waals surface area contributed by atoms with Crippen molar-refractivity contribution in [3.63, 3.8) is 0 Å². The van der Waals surface area contributed by atoms with Gasteiger partial charge in [0, 0.05) is 27.5 Å². The Kier molecular flexibility index (Phi) is 3.95. The van der Waals surface area contributed by atoms with Gasteiger partial charge in [-0.3, -0.25) is 4.79 Å². The Morgan fingerprint density at radius 1 is 1.14 bits per heavy atom. The summed E-state index contributed by atoms with van der Waals surface area (Å²) < 4.78 is 5.61. The fourth-order valence-electron chi connectivity index (χ4n) is 3.35. The van der Waals surface area contributed by atoms with Crippen molar-refractivity contribution in [3.05, 3.63) is 65.5 Å². The van der Waals surface area contributed by atoms with Gasteiger partial charge in [-0.1, -0.05) is 30.3 Å². The van der Waals surface area contributed by atoms with Crippen LogP contribution in [-0.4, -0.2) is 20.9 Å². The number of hydrogen-bond donors (Lipinski definition) is 2. The average Bonchev–Trinajstić information content (AvgIpc) is 3.37. The third-order valence-corrected chi connectivity index (χ3v) is 5.31. The van der Waals surface area contributed by atoms with E-state index in [0.29, 0.717) is 16.6 Å². The van der Waals surface area contributed by atoms with Crippen molar-refractivity contribution < 1.29 is 9.21 Å². The van der Waals surface area contributed by atoms with Crippen molar-refractivity contribution in [2.45, 2.75) is 13.3 Å². The van der Waals surface area contributed by atoms with Crippen LogP contribution in [0.3, 0.4) is 0 Å². The van der Waals surface area contributed by atoms with E-state index in [4.69, 9.17) is 4.42 Å². The number of oxazole rings is 1.